The van der Waals surface area contributed by atoms with Gasteiger partial charge in [0.2, 0.25) is 12.3 Å². The third kappa shape index (κ3) is 8.09. The summed E-state index contributed by atoms with van der Waals surface area (Å²) in [7, 11) is 0. The number of aliphatic hydroxyl groups is 2. The number of amides is 1. The van der Waals surface area contributed by atoms with Crippen LogP contribution in [0.5, 0.6) is 0 Å². The Labute approximate surface area is 146 Å². The molecule has 0 bridgehead atoms. The van der Waals surface area contributed by atoms with Crippen LogP contribution < -0.4 is 10.6 Å². The number of rotatable bonds is 10. The molecule has 8 heteroatoms. The first-order valence-electron chi connectivity index (χ1n) is 7.93. The van der Waals surface area contributed by atoms with Crippen molar-refractivity contribution >= 4 is 23.0 Å². The molecule has 0 fully saturated rings. The molecule has 4 N–H and O–H groups in total. The Morgan fingerprint density at radius 2 is 1.92 bits per heavy atom. The zero-order valence-electron chi connectivity index (χ0n) is 14.4. The fourth-order valence-corrected chi connectivity index (χ4v) is 3.54. The summed E-state index contributed by atoms with van der Waals surface area (Å²) in [5.41, 5.74) is 0.666. The third-order valence-electron chi connectivity index (χ3n) is 3.09. The lowest BCUT2D eigenvalue weighted by Crippen LogP contribution is -2.37. The van der Waals surface area contributed by atoms with Crippen molar-refractivity contribution in [3.05, 3.63) is 24.3 Å². The maximum atomic E-state index is 12.8. The van der Waals surface area contributed by atoms with Crippen molar-refractivity contribution in [3.8, 4) is 0 Å². The maximum absolute atomic E-state index is 12.8. The van der Waals surface area contributed by atoms with Gasteiger partial charge in [0.15, 0.2) is 4.90 Å². The van der Waals surface area contributed by atoms with E-state index < -0.39 is 17.8 Å². The summed E-state index contributed by atoms with van der Waals surface area (Å²) >= 11 is -1.31. The van der Waals surface area contributed by atoms with Crippen LogP contribution in [0.3, 0.4) is 0 Å². The highest BCUT2D eigenvalue weighted by Gasteiger charge is 2.23. The van der Waals surface area contributed by atoms with E-state index in [9.17, 15) is 9.35 Å². The van der Waals surface area contributed by atoms with E-state index in [1.807, 2.05) is 4.31 Å². The Balaban J connectivity index is 2.68. The van der Waals surface area contributed by atoms with E-state index in [0.717, 1.165) is 0 Å². The number of nitrogens with one attached hydrogen (secondary N) is 2. The molecule has 1 atom stereocenters. The van der Waals surface area contributed by atoms with E-state index in [1.54, 1.807) is 24.3 Å². The van der Waals surface area contributed by atoms with Crippen molar-refractivity contribution in [2.24, 2.45) is 5.92 Å². The lowest BCUT2D eigenvalue weighted by Gasteiger charge is -2.25. The largest absolute Gasteiger partial charge is 0.593 e. The zero-order valence-corrected chi connectivity index (χ0v) is 15.2. The molecule has 1 aromatic carbocycles. The minimum Gasteiger partial charge on any atom is -0.593 e. The molecule has 1 aromatic rings. The highest BCUT2D eigenvalue weighted by molar-refractivity contribution is 7.89. The van der Waals surface area contributed by atoms with Crippen molar-refractivity contribution in [2.45, 2.75) is 38.5 Å². The van der Waals surface area contributed by atoms with E-state index in [1.165, 1.54) is 6.92 Å². The first kappa shape index (κ1) is 20.9. The molecule has 24 heavy (non-hydrogen) atoms. The number of nitrogens with zero attached hydrogens (tertiary/aromatic N) is 1. The number of hydrogen-bond donors (Lipinski definition) is 4. The Morgan fingerprint density at radius 3 is 2.42 bits per heavy atom. The zero-order chi connectivity index (χ0) is 18.1. The van der Waals surface area contributed by atoms with E-state index >= 15 is 0 Å². The predicted molar refractivity (Wildman–Crippen MR) is 94.4 cm³/mol. The highest BCUT2D eigenvalue weighted by Crippen LogP contribution is 2.20. The average molecular weight is 357 g/mol. The van der Waals surface area contributed by atoms with Crippen LogP contribution in [0, 0.1) is 5.92 Å². The quantitative estimate of drug-likeness (QED) is 0.281. The van der Waals surface area contributed by atoms with Gasteiger partial charge in [-0.1, -0.05) is 13.8 Å². The molecule has 1 unspecified atom stereocenters. The molecule has 0 aliphatic rings. The van der Waals surface area contributed by atoms with E-state index in [4.69, 9.17) is 10.2 Å². The van der Waals surface area contributed by atoms with Crippen LogP contribution in [0.15, 0.2) is 29.2 Å². The van der Waals surface area contributed by atoms with Gasteiger partial charge in [-0.2, -0.15) is 0 Å². The molecule has 0 spiro atoms. The summed E-state index contributed by atoms with van der Waals surface area (Å²) in [5, 5.41) is 22.7. The lowest BCUT2D eigenvalue weighted by molar-refractivity contribution is -0.114. The standard InChI is InChI=1S/C16H27N3O4S/c1-12(2)11-19(10-4-9-17-16(21)22)24(23)15-7-5-14(6-8-15)18-13(3)20/h5-8,12,16-17,21-22H,4,9-11H2,1-3H3,(H,18,20). The van der Waals surface area contributed by atoms with E-state index in [-0.39, 0.29) is 5.91 Å². The smallest absolute Gasteiger partial charge is 0.221 e. The molecule has 0 aliphatic heterocycles. The first-order chi connectivity index (χ1) is 11.3. The van der Waals surface area contributed by atoms with Crippen LogP contribution in [0.2, 0.25) is 0 Å². The summed E-state index contributed by atoms with van der Waals surface area (Å²) < 4.78 is 14.6. The summed E-state index contributed by atoms with van der Waals surface area (Å²) in [5.74, 6) is 0.202. The monoisotopic (exact) mass is 357 g/mol. The number of benzene rings is 1. The molecule has 136 valence electrons. The highest BCUT2D eigenvalue weighted by atomic mass is 32.2. The average Bonchev–Trinajstić information content (AvgIpc) is 2.49. The molecule has 0 aromatic heterocycles. The number of carbonyl (C=O) groups excluding carboxylic acids is 1. The molecule has 1 amide bonds. The molecule has 0 saturated carbocycles. The van der Waals surface area contributed by atoms with Gasteiger partial charge in [-0.25, -0.2) is 0 Å². The summed E-state index contributed by atoms with van der Waals surface area (Å²) in [4.78, 5) is 11.7. The van der Waals surface area contributed by atoms with Crippen LogP contribution in [0.1, 0.15) is 27.2 Å². The van der Waals surface area contributed by atoms with Gasteiger partial charge in [-0.15, -0.1) is 4.31 Å². The van der Waals surface area contributed by atoms with Gasteiger partial charge in [0.1, 0.15) is 0 Å². The normalized spacial score (nSPS) is 12.9. The maximum Gasteiger partial charge on any atom is 0.221 e. The number of carbonyl (C=O) groups is 1. The van der Waals surface area contributed by atoms with Gasteiger partial charge in [0.05, 0.1) is 11.4 Å². The summed E-state index contributed by atoms with van der Waals surface area (Å²) in [6, 6.07) is 6.94. The van der Waals surface area contributed by atoms with Gasteiger partial charge in [0, 0.05) is 32.2 Å². The predicted octanol–water partition coefficient (Wildman–Crippen LogP) is 0.873. The molecular weight excluding hydrogens is 330 g/mol. The molecule has 7 nitrogen and oxygen atoms in total. The van der Waals surface area contributed by atoms with Crippen LogP contribution in [0.4, 0.5) is 5.69 Å². The first-order valence-corrected chi connectivity index (χ1v) is 9.04. The van der Waals surface area contributed by atoms with Crippen LogP contribution in [-0.4, -0.2) is 51.0 Å². The molecule has 0 aliphatic carbocycles. The number of aliphatic hydroxyl groups excluding tert-OH is 1. The lowest BCUT2D eigenvalue weighted by atomic mass is 10.2. The minimum absolute atomic E-state index is 0.149. The van der Waals surface area contributed by atoms with E-state index in [2.05, 4.69) is 24.5 Å². The second-order valence-electron chi connectivity index (χ2n) is 5.92. The minimum atomic E-state index is -1.53. The summed E-state index contributed by atoms with van der Waals surface area (Å²) in [6.45, 7) is 7.21. The molecular formula is C16H27N3O4S. The van der Waals surface area contributed by atoms with E-state index in [0.29, 0.717) is 42.6 Å². The molecule has 0 heterocycles. The summed E-state index contributed by atoms with van der Waals surface area (Å²) in [6.07, 6.45) is -0.893. The van der Waals surface area contributed by atoms with Gasteiger partial charge < -0.3 is 20.1 Å². The topological polar surface area (TPSA) is 108 Å². The second kappa shape index (κ2) is 10.7. The number of anilines is 1. The van der Waals surface area contributed by atoms with Crippen molar-refractivity contribution in [3.63, 3.8) is 0 Å². The molecule has 0 radical (unpaired) electrons. The number of hydrogen-bond acceptors (Lipinski definition) is 6. The van der Waals surface area contributed by atoms with Gasteiger partial charge in [-0.05, 0) is 36.6 Å². The van der Waals surface area contributed by atoms with Crippen LogP contribution in [0.25, 0.3) is 0 Å². The third-order valence-corrected chi connectivity index (χ3v) is 4.57. The van der Waals surface area contributed by atoms with Gasteiger partial charge >= 0.3 is 0 Å². The van der Waals surface area contributed by atoms with Crippen LogP contribution >= 0.6 is 0 Å². The Bertz CT molecular complexity index is 497. The Kier molecular flexibility index (Phi) is 9.27. The van der Waals surface area contributed by atoms with Gasteiger partial charge in [0.25, 0.3) is 0 Å². The fourth-order valence-electron chi connectivity index (χ4n) is 2.14. The van der Waals surface area contributed by atoms with Crippen molar-refractivity contribution in [1.29, 1.82) is 0 Å². The Hall–Kier alpha value is -1.16. The fraction of sp³-hybridized carbons (Fsp3) is 0.562. The van der Waals surface area contributed by atoms with Crippen molar-refractivity contribution < 1.29 is 19.6 Å². The van der Waals surface area contributed by atoms with Crippen molar-refractivity contribution in [2.75, 3.05) is 25.0 Å². The Morgan fingerprint density at radius 1 is 1.29 bits per heavy atom. The van der Waals surface area contributed by atoms with Crippen LogP contribution in [-0.2, 0) is 16.2 Å². The van der Waals surface area contributed by atoms with Gasteiger partial charge in [-0.3, -0.25) is 10.1 Å². The van der Waals surface area contributed by atoms with Crippen molar-refractivity contribution in [1.82, 2.24) is 9.62 Å². The molecule has 0 saturated heterocycles. The molecule has 1 rings (SSSR count). The SMILES string of the molecule is CC(=O)Nc1ccc([S+]([O-])N(CCCNC(O)O)CC(C)C)cc1. The second-order valence-corrected chi connectivity index (χ2v) is 7.40.